The van der Waals surface area contributed by atoms with E-state index in [1.54, 1.807) is 0 Å². The van der Waals surface area contributed by atoms with E-state index in [-0.39, 0.29) is 0 Å². The van der Waals surface area contributed by atoms with Crippen LogP contribution in [0.5, 0.6) is 0 Å². The average molecular weight is 241 g/mol. The Balaban J connectivity index is 2.09. The van der Waals surface area contributed by atoms with E-state index < -0.39 is 11.4 Å². The summed E-state index contributed by atoms with van der Waals surface area (Å²) in [6, 6.07) is 1.07. The molecule has 2 aliphatic heterocycles. The van der Waals surface area contributed by atoms with Crippen molar-refractivity contribution in [1.29, 1.82) is 0 Å². The number of aliphatic carboxylic acids is 1. The molecule has 0 aromatic carbocycles. The molecule has 3 atom stereocenters. The first-order chi connectivity index (χ1) is 8.09. The van der Waals surface area contributed by atoms with Crippen molar-refractivity contribution in [1.82, 2.24) is 4.90 Å². The smallest absolute Gasteiger partial charge is 0.313 e. The van der Waals surface area contributed by atoms with E-state index in [4.69, 9.17) is 4.74 Å². The number of likely N-dealkylation sites (tertiary alicyclic amines) is 1. The highest BCUT2D eigenvalue weighted by atomic mass is 16.5. The van der Waals surface area contributed by atoms with E-state index in [9.17, 15) is 9.90 Å². The highest BCUT2D eigenvalue weighted by Crippen LogP contribution is 2.35. The van der Waals surface area contributed by atoms with Crippen LogP contribution in [0.1, 0.15) is 39.5 Å². The lowest BCUT2D eigenvalue weighted by atomic mass is 9.86. The van der Waals surface area contributed by atoms with Crippen LogP contribution in [0.2, 0.25) is 0 Å². The van der Waals surface area contributed by atoms with Gasteiger partial charge < -0.3 is 9.84 Å². The summed E-state index contributed by atoms with van der Waals surface area (Å²) in [6.07, 6.45) is 4.16. The topological polar surface area (TPSA) is 49.8 Å². The lowest BCUT2D eigenvalue weighted by Crippen LogP contribution is -2.47. The van der Waals surface area contributed by atoms with E-state index in [2.05, 4.69) is 18.7 Å². The minimum atomic E-state index is -0.691. The summed E-state index contributed by atoms with van der Waals surface area (Å²) in [5.41, 5.74) is -0.661. The molecule has 0 aromatic heterocycles. The molecular formula is C13H23NO3. The predicted octanol–water partition coefficient (Wildman–Crippen LogP) is 1.74. The number of carboxylic acid groups (broad SMARTS) is 1. The van der Waals surface area contributed by atoms with Crippen molar-refractivity contribution in [3.05, 3.63) is 0 Å². The largest absolute Gasteiger partial charge is 0.481 e. The van der Waals surface area contributed by atoms with Gasteiger partial charge in [-0.3, -0.25) is 9.69 Å². The Morgan fingerprint density at radius 1 is 1.53 bits per heavy atom. The van der Waals surface area contributed by atoms with Gasteiger partial charge in [0, 0.05) is 25.2 Å². The van der Waals surface area contributed by atoms with Crippen LogP contribution in [0.25, 0.3) is 0 Å². The molecule has 2 heterocycles. The maximum Gasteiger partial charge on any atom is 0.313 e. The van der Waals surface area contributed by atoms with Crippen LogP contribution in [0.15, 0.2) is 0 Å². The molecule has 0 radical (unpaired) electrons. The van der Waals surface area contributed by atoms with Crippen LogP contribution < -0.4 is 0 Å². The van der Waals surface area contributed by atoms with E-state index >= 15 is 0 Å². The van der Waals surface area contributed by atoms with Gasteiger partial charge in [-0.2, -0.15) is 0 Å². The van der Waals surface area contributed by atoms with Crippen molar-refractivity contribution < 1.29 is 14.6 Å². The molecule has 0 bridgehead atoms. The number of carbonyl (C=O) groups is 1. The molecule has 0 aromatic rings. The summed E-state index contributed by atoms with van der Waals surface area (Å²) in [5, 5.41) is 9.46. The first-order valence-electron chi connectivity index (χ1n) is 6.66. The number of hydrogen-bond acceptors (Lipinski definition) is 3. The highest BCUT2D eigenvalue weighted by Gasteiger charge is 2.46. The Morgan fingerprint density at radius 3 is 2.82 bits per heavy atom. The molecule has 2 fully saturated rings. The molecule has 0 spiro atoms. The molecule has 4 heteroatoms. The van der Waals surface area contributed by atoms with Gasteiger partial charge in [0.1, 0.15) is 5.41 Å². The van der Waals surface area contributed by atoms with Crippen LogP contribution >= 0.6 is 0 Å². The van der Waals surface area contributed by atoms with E-state index in [0.717, 1.165) is 6.42 Å². The van der Waals surface area contributed by atoms with Gasteiger partial charge in [0.25, 0.3) is 0 Å². The van der Waals surface area contributed by atoms with Crippen molar-refractivity contribution in [2.45, 2.75) is 51.6 Å². The number of carboxylic acids is 1. The van der Waals surface area contributed by atoms with Crippen LogP contribution in [0.3, 0.4) is 0 Å². The minimum absolute atomic E-state index is 0.377. The molecule has 2 aliphatic rings. The van der Waals surface area contributed by atoms with Crippen molar-refractivity contribution in [2.75, 3.05) is 19.8 Å². The monoisotopic (exact) mass is 241 g/mol. The maximum atomic E-state index is 11.5. The Morgan fingerprint density at radius 2 is 2.29 bits per heavy atom. The summed E-state index contributed by atoms with van der Waals surface area (Å²) >= 11 is 0. The zero-order valence-electron chi connectivity index (χ0n) is 10.8. The first kappa shape index (κ1) is 12.8. The SMILES string of the molecule is CCC1CCC(C)N1CC1(C(=O)O)CCOC1. The van der Waals surface area contributed by atoms with Crippen molar-refractivity contribution in [3.8, 4) is 0 Å². The molecular weight excluding hydrogens is 218 g/mol. The third-order valence-corrected chi connectivity index (χ3v) is 4.47. The third-order valence-electron chi connectivity index (χ3n) is 4.47. The van der Waals surface area contributed by atoms with E-state index in [1.807, 2.05) is 0 Å². The van der Waals surface area contributed by atoms with Gasteiger partial charge in [0.05, 0.1) is 6.61 Å². The molecule has 2 saturated heterocycles. The lowest BCUT2D eigenvalue weighted by molar-refractivity contribution is -0.150. The van der Waals surface area contributed by atoms with Gasteiger partial charge in [-0.15, -0.1) is 0 Å². The Labute approximate surface area is 103 Å². The second-order valence-electron chi connectivity index (χ2n) is 5.55. The van der Waals surface area contributed by atoms with Crippen molar-refractivity contribution in [3.63, 3.8) is 0 Å². The van der Waals surface area contributed by atoms with E-state index in [0.29, 0.717) is 38.3 Å². The minimum Gasteiger partial charge on any atom is -0.481 e. The molecule has 98 valence electrons. The number of nitrogens with zero attached hydrogens (tertiary/aromatic N) is 1. The van der Waals surface area contributed by atoms with E-state index in [1.165, 1.54) is 12.8 Å². The number of rotatable bonds is 4. The predicted molar refractivity (Wildman–Crippen MR) is 65.0 cm³/mol. The fourth-order valence-electron chi connectivity index (χ4n) is 3.17. The van der Waals surface area contributed by atoms with Crippen LogP contribution in [0, 0.1) is 5.41 Å². The summed E-state index contributed by atoms with van der Waals surface area (Å²) in [7, 11) is 0. The Kier molecular flexibility index (Phi) is 3.73. The molecule has 0 saturated carbocycles. The summed E-state index contributed by atoms with van der Waals surface area (Å²) in [4.78, 5) is 13.9. The second-order valence-corrected chi connectivity index (χ2v) is 5.55. The summed E-state index contributed by atoms with van der Waals surface area (Å²) in [6.45, 7) is 6.02. The van der Waals surface area contributed by atoms with Gasteiger partial charge in [-0.05, 0) is 32.6 Å². The third kappa shape index (κ3) is 2.33. The summed E-state index contributed by atoms with van der Waals surface area (Å²) < 4.78 is 5.33. The number of ether oxygens (including phenoxy) is 1. The molecule has 2 rings (SSSR count). The fraction of sp³-hybridized carbons (Fsp3) is 0.923. The second kappa shape index (κ2) is 4.94. The lowest BCUT2D eigenvalue weighted by Gasteiger charge is -2.34. The normalized spacial score (nSPS) is 38.7. The van der Waals surface area contributed by atoms with Crippen LogP contribution in [-0.4, -0.2) is 47.8 Å². The van der Waals surface area contributed by atoms with Crippen LogP contribution in [0.4, 0.5) is 0 Å². The molecule has 1 N–H and O–H groups in total. The van der Waals surface area contributed by atoms with Gasteiger partial charge in [-0.25, -0.2) is 0 Å². The first-order valence-corrected chi connectivity index (χ1v) is 6.66. The molecule has 3 unspecified atom stereocenters. The van der Waals surface area contributed by atoms with Gasteiger partial charge in [0.2, 0.25) is 0 Å². The molecule has 4 nitrogen and oxygen atoms in total. The van der Waals surface area contributed by atoms with Gasteiger partial charge in [0.15, 0.2) is 0 Å². The van der Waals surface area contributed by atoms with Gasteiger partial charge >= 0.3 is 5.97 Å². The fourth-order valence-corrected chi connectivity index (χ4v) is 3.17. The molecule has 0 aliphatic carbocycles. The summed E-state index contributed by atoms with van der Waals surface area (Å²) in [5.74, 6) is -0.691. The number of hydrogen-bond donors (Lipinski definition) is 1. The van der Waals surface area contributed by atoms with Crippen molar-refractivity contribution >= 4 is 5.97 Å². The maximum absolute atomic E-state index is 11.5. The average Bonchev–Trinajstić information content (AvgIpc) is 2.89. The van der Waals surface area contributed by atoms with Crippen LogP contribution in [-0.2, 0) is 9.53 Å². The zero-order valence-corrected chi connectivity index (χ0v) is 10.8. The zero-order chi connectivity index (χ0) is 12.5. The Hall–Kier alpha value is -0.610. The standard InChI is InChI=1S/C13H23NO3/c1-3-11-5-4-10(2)14(11)8-13(12(15)16)6-7-17-9-13/h10-11H,3-9H2,1-2H3,(H,15,16). The van der Waals surface area contributed by atoms with Crippen molar-refractivity contribution in [2.24, 2.45) is 5.41 Å². The highest BCUT2D eigenvalue weighted by molar-refractivity contribution is 5.75. The Bertz CT molecular complexity index is 286. The quantitative estimate of drug-likeness (QED) is 0.814. The van der Waals surface area contributed by atoms with Gasteiger partial charge in [-0.1, -0.05) is 6.92 Å². The molecule has 0 amide bonds. The molecule has 17 heavy (non-hydrogen) atoms.